The first-order valence-electron chi connectivity index (χ1n) is 5.36. The summed E-state index contributed by atoms with van der Waals surface area (Å²) in [6, 6.07) is 5.15. The summed E-state index contributed by atoms with van der Waals surface area (Å²) in [6.07, 6.45) is 3.46. The molecule has 2 aromatic rings. The molecule has 5 nitrogen and oxygen atoms in total. The van der Waals surface area contributed by atoms with Gasteiger partial charge in [-0.1, -0.05) is 0 Å². The summed E-state index contributed by atoms with van der Waals surface area (Å²) in [5.74, 6) is -0.0584. The number of nitrogens with one attached hydrogen (secondary N) is 1. The van der Waals surface area contributed by atoms with Crippen LogP contribution in [0.5, 0.6) is 0 Å². The minimum Gasteiger partial charge on any atom is -0.398 e. The second kappa shape index (κ2) is 5.22. The molecule has 0 aliphatic carbocycles. The molecule has 0 spiro atoms. The zero-order chi connectivity index (χ0) is 13.1. The molecule has 0 aliphatic rings. The second-order valence-corrected chi connectivity index (χ2v) is 4.86. The highest BCUT2D eigenvalue weighted by molar-refractivity contribution is 9.10. The molecule has 0 fully saturated rings. The Kier molecular flexibility index (Phi) is 3.66. The SMILES string of the molecule is CN(Cc1cn[nH]c1)C(=O)c1ccc(N)c(Br)c1. The van der Waals surface area contributed by atoms with Crippen molar-refractivity contribution in [3.8, 4) is 0 Å². The van der Waals surface area contributed by atoms with Gasteiger partial charge in [0.15, 0.2) is 0 Å². The van der Waals surface area contributed by atoms with Crippen LogP contribution in [0.1, 0.15) is 15.9 Å². The summed E-state index contributed by atoms with van der Waals surface area (Å²) in [4.78, 5) is 13.8. The van der Waals surface area contributed by atoms with Gasteiger partial charge in [0, 0.05) is 41.1 Å². The van der Waals surface area contributed by atoms with E-state index in [2.05, 4.69) is 26.1 Å². The molecule has 0 bridgehead atoms. The topological polar surface area (TPSA) is 75.0 Å². The van der Waals surface area contributed by atoms with Crippen LogP contribution in [0.3, 0.4) is 0 Å². The second-order valence-electron chi connectivity index (χ2n) is 4.00. The van der Waals surface area contributed by atoms with Crippen LogP contribution < -0.4 is 5.73 Å². The van der Waals surface area contributed by atoms with Crippen molar-refractivity contribution in [2.45, 2.75) is 6.54 Å². The van der Waals surface area contributed by atoms with E-state index in [0.717, 1.165) is 10.0 Å². The molecule has 3 N–H and O–H groups in total. The number of carbonyl (C=O) groups excluding carboxylic acids is 1. The maximum atomic E-state index is 12.2. The van der Waals surface area contributed by atoms with Gasteiger partial charge in [-0.2, -0.15) is 5.10 Å². The number of nitrogens with zero attached hydrogens (tertiary/aromatic N) is 2. The molecule has 18 heavy (non-hydrogen) atoms. The van der Waals surface area contributed by atoms with Crippen molar-refractivity contribution in [2.75, 3.05) is 12.8 Å². The molecule has 0 radical (unpaired) electrons. The number of anilines is 1. The average Bonchev–Trinajstić information content (AvgIpc) is 2.84. The monoisotopic (exact) mass is 308 g/mol. The van der Waals surface area contributed by atoms with Gasteiger partial charge in [-0.05, 0) is 34.1 Å². The summed E-state index contributed by atoms with van der Waals surface area (Å²) in [5, 5.41) is 6.56. The van der Waals surface area contributed by atoms with Crippen molar-refractivity contribution < 1.29 is 4.79 Å². The van der Waals surface area contributed by atoms with E-state index in [9.17, 15) is 4.79 Å². The summed E-state index contributed by atoms with van der Waals surface area (Å²) in [6.45, 7) is 0.511. The number of halogens is 1. The molecule has 2 rings (SSSR count). The predicted molar refractivity (Wildman–Crippen MR) is 72.9 cm³/mol. The zero-order valence-corrected chi connectivity index (χ0v) is 11.4. The van der Waals surface area contributed by atoms with Gasteiger partial charge in [-0.3, -0.25) is 9.89 Å². The minimum atomic E-state index is -0.0584. The van der Waals surface area contributed by atoms with Crippen LogP contribution in [0.15, 0.2) is 35.1 Å². The number of nitrogen functional groups attached to an aromatic ring is 1. The molecule has 1 amide bonds. The van der Waals surface area contributed by atoms with Crippen LogP contribution in [0, 0.1) is 0 Å². The maximum Gasteiger partial charge on any atom is 0.253 e. The normalized spacial score (nSPS) is 10.3. The van der Waals surface area contributed by atoms with E-state index in [1.807, 2.05) is 0 Å². The summed E-state index contributed by atoms with van der Waals surface area (Å²) < 4.78 is 0.727. The molecule has 0 aliphatic heterocycles. The fourth-order valence-electron chi connectivity index (χ4n) is 1.59. The van der Waals surface area contributed by atoms with Gasteiger partial charge >= 0.3 is 0 Å². The molecular weight excluding hydrogens is 296 g/mol. The van der Waals surface area contributed by atoms with Crippen molar-refractivity contribution >= 4 is 27.5 Å². The number of aromatic nitrogens is 2. The van der Waals surface area contributed by atoms with Crippen LogP contribution in [-0.2, 0) is 6.54 Å². The first-order chi connectivity index (χ1) is 8.58. The van der Waals surface area contributed by atoms with E-state index in [1.165, 1.54) is 0 Å². The fourth-order valence-corrected chi connectivity index (χ4v) is 1.97. The van der Waals surface area contributed by atoms with Crippen molar-refractivity contribution in [2.24, 2.45) is 0 Å². The molecule has 0 atom stereocenters. The highest BCUT2D eigenvalue weighted by Crippen LogP contribution is 2.21. The Bertz CT molecular complexity index is 553. The largest absolute Gasteiger partial charge is 0.398 e. The Morgan fingerprint density at radius 1 is 1.56 bits per heavy atom. The molecular formula is C12H13BrN4O. The molecule has 94 valence electrons. The molecule has 0 saturated carbocycles. The van der Waals surface area contributed by atoms with Crippen molar-refractivity contribution in [1.29, 1.82) is 0 Å². The third kappa shape index (κ3) is 2.70. The Hall–Kier alpha value is -1.82. The van der Waals surface area contributed by atoms with Crippen molar-refractivity contribution in [3.63, 3.8) is 0 Å². The lowest BCUT2D eigenvalue weighted by Gasteiger charge is -2.16. The number of hydrogen-bond donors (Lipinski definition) is 2. The van der Waals surface area contributed by atoms with Crippen LogP contribution in [-0.4, -0.2) is 28.1 Å². The Labute approximate surface area is 113 Å². The van der Waals surface area contributed by atoms with E-state index < -0.39 is 0 Å². The average molecular weight is 309 g/mol. The third-order valence-electron chi connectivity index (χ3n) is 2.57. The fraction of sp³-hybridized carbons (Fsp3) is 0.167. The van der Waals surface area contributed by atoms with E-state index in [-0.39, 0.29) is 5.91 Å². The van der Waals surface area contributed by atoms with Gasteiger partial charge in [-0.15, -0.1) is 0 Å². The quantitative estimate of drug-likeness (QED) is 0.852. The number of carbonyl (C=O) groups is 1. The van der Waals surface area contributed by atoms with Gasteiger partial charge in [0.2, 0.25) is 0 Å². The van der Waals surface area contributed by atoms with Crippen LogP contribution in [0.25, 0.3) is 0 Å². The van der Waals surface area contributed by atoms with E-state index in [0.29, 0.717) is 17.8 Å². The Balaban J connectivity index is 2.12. The molecule has 6 heteroatoms. The predicted octanol–water partition coefficient (Wildman–Crippen LogP) is 2.03. The number of aromatic amines is 1. The van der Waals surface area contributed by atoms with E-state index in [4.69, 9.17) is 5.73 Å². The third-order valence-corrected chi connectivity index (χ3v) is 3.26. The molecule has 0 saturated heterocycles. The van der Waals surface area contributed by atoms with Gasteiger partial charge in [0.25, 0.3) is 5.91 Å². The van der Waals surface area contributed by atoms with E-state index >= 15 is 0 Å². The van der Waals surface area contributed by atoms with Crippen LogP contribution in [0.4, 0.5) is 5.69 Å². The maximum absolute atomic E-state index is 12.2. The van der Waals surface area contributed by atoms with E-state index in [1.54, 1.807) is 42.5 Å². The number of rotatable bonds is 3. The molecule has 1 aromatic heterocycles. The number of benzene rings is 1. The standard InChI is InChI=1S/C12H13BrN4O/c1-17(7-8-5-15-16-6-8)12(18)9-2-3-11(14)10(13)4-9/h2-6H,7,14H2,1H3,(H,15,16). The Morgan fingerprint density at radius 3 is 2.94 bits per heavy atom. The lowest BCUT2D eigenvalue weighted by atomic mass is 10.2. The lowest BCUT2D eigenvalue weighted by Crippen LogP contribution is -2.26. The summed E-state index contributed by atoms with van der Waals surface area (Å²) in [5.41, 5.74) is 7.86. The van der Waals surface area contributed by atoms with Gasteiger partial charge in [0.05, 0.1) is 6.20 Å². The van der Waals surface area contributed by atoms with Gasteiger partial charge in [0.1, 0.15) is 0 Å². The van der Waals surface area contributed by atoms with Crippen LogP contribution in [0.2, 0.25) is 0 Å². The number of nitrogens with two attached hydrogens (primary N) is 1. The number of hydrogen-bond acceptors (Lipinski definition) is 3. The first-order valence-corrected chi connectivity index (χ1v) is 6.15. The smallest absolute Gasteiger partial charge is 0.253 e. The minimum absolute atomic E-state index is 0.0584. The first kappa shape index (κ1) is 12.6. The Morgan fingerprint density at radius 2 is 2.33 bits per heavy atom. The summed E-state index contributed by atoms with van der Waals surface area (Å²) >= 11 is 3.31. The van der Waals surface area contributed by atoms with Gasteiger partial charge in [-0.25, -0.2) is 0 Å². The summed E-state index contributed by atoms with van der Waals surface area (Å²) in [7, 11) is 1.75. The van der Waals surface area contributed by atoms with Crippen molar-refractivity contribution in [3.05, 3.63) is 46.2 Å². The number of amides is 1. The molecule has 1 aromatic carbocycles. The van der Waals surface area contributed by atoms with Crippen molar-refractivity contribution in [1.82, 2.24) is 15.1 Å². The highest BCUT2D eigenvalue weighted by atomic mass is 79.9. The highest BCUT2D eigenvalue weighted by Gasteiger charge is 2.13. The molecule has 0 unspecified atom stereocenters. The molecule has 1 heterocycles. The van der Waals surface area contributed by atoms with Gasteiger partial charge < -0.3 is 10.6 Å². The zero-order valence-electron chi connectivity index (χ0n) is 9.85. The lowest BCUT2D eigenvalue weighted by molar-refractivity contribution is 0.0785. The number of H-pyrrole nitrogens is 1. The van der Waals surface area contributed by atoms with Crippen LogP contribution >= 0.6 is 15.9 Å².